The van der Waals surface area contributed by atoms with Crippen molar-refractivity contribution in [1.29, 1.82) is 0 Å². The molecule has 152 valence electrons. The van der Waals surface area contributed by atoms with Crippen LogP contribution in [-0.4, -0.2) is 50.2 Å². The van der Waals surface area contributed by atoms with Crippen molar-refractivity contribution in [2.75, 3.05) is 18.0 Å². The predicted octanol–water partition coefficient (Wildman–Crippen LogP) is 3.59. The number of carboxylic acid groups (broad SMARTS) is 2. The van der Waals surface area contributed by atoms with E-state index < -0.39 is 11.9 Å². The number of rotatable bonds is 5. The Balaban J connectivity index is 1.78. The van der Waals surface area contributed by atoms with Gasteiger partial charge in [0.15, 0.2) is 0 Å². The highest BCUT2D eigenvalue weighted by molar-refractivity contribution is 5.91. The third kappa shape index (κ3) is 4.12. The van der Waals surface area contributed by atoms with E-state index in [2.05, 4.69) is 14.9 Å². The van der Waals surface area contributed by atoms with Gasteiger partial charge in [0.1, 0.15) is 5.82 Å². The van der Waals surface area contributed by atoms with Gasteiger partial charge in [-0.2, -0.15) is 0 Å². The largest absolute Gasteiger partial charge is 0.478 e. The van der Waals surface area contributed by atoms with Gasteiger partial charge in [-0.15, -0.1) is 0 Å². The molecule has 1 aliphatic heterocycles. The molecule has 8 nitrogen and oxygen atoms in total. The Morgan fingerprint density at radius 1 is 0.767 bits per heavy atom. The second kappa shape index (κ2) is 8.28. The second-order valence-electron chi connectivity index (χ2n) is 7.10. The van der Waals surface area contributed by atoms with Crippen molar-refractivity contribution in [3.8, 4) is 22.8 Å². The van der Waals surface area contributed by atoms with E-state index >= 15 is 0 Å². The standard InChI is InChI=1S/C22H20N4O4/c27-21(28)14-7-8-23-17(11-14)19-13-15(22(29)30)12-18(24-19)16-5-4-6-20(25-16)26-9-2-1-3-10-26/h4-8,11-13H,1-3,9-10H2,(H,27,28)(H,29,30). The molecule has 2 N–H and O–H groups in total. The van der Waals surface area contributed by atoms with Gasteiger partial charge in [0.05, 0.1) is 33.9 Å². The van der Waals surface area contributed by atoms with Crippen LogP contribution < -0.4 is 4.90 Å². The SMILES string of the molecule is O=C(O)c1ccnc(-c2cc(C(=O)O)cc(-c3cccc(N4CCCCC4)n3)n2)c1. The maximum Gasteiger partial charge on any atom is 0.335 e. The van der Waals surface area contributed by atoms with E-state index in [1.165, 1.54) is 36.9 Å². The van der Waals surface area contributed by atoms with Crippen LogP contribution in [0.4, 0.5) is 5.82 Å². The number of aromatic nitrogens is 3. The maximum atomic E-state index is 11.7. The summed E-state index contributed by atoms with van der Waals surface area (Å²) in [6, 6.07) is 11.2. The molecule has 1 aliphatic rings. The first-order valence-corrected chi connectivity index (χ1v) is 9.69. The Hall–Kier alpha value is -3.81. The fourth-order valence-corrected chi connectivity index (χ4v) is 3.49. The Kier molecular flexibility index (Phi) is 5.38. The number of piperidine rings is 1. The van der Waals surface area contributed by atoms with Gasteiger partial charge in [0.2, 0.25) is 0 Å². The van der Waals surface area contributed by atoms with Gasteiger partial charge in [-0.05, 0) is 55.7 Å². The Bertz CT molecular complexity index is 1110. The summed E-state index contributed by atoms with van der Waals surface area (Å²) in [6.45, 7) is 1.88. The van der Waals surface area contributed by atoms with Crippen molar-refractivity contribution < 1.29 is 19.8 Å². The zero-order valence-corrected chi connectivity index (χ0v) is 16.2. The Morgan fingerprint density at radius 3 is 2.13 bits per heavy atom. The summed E-state index contributed by atoms with van der Waals surface area (Å²) in [5.74, 6) is -1.37. The predicted molar refractivity (Wildman–Crippen MR) is 111 cm³/mol. The fraction of sp³-hybridized carbons (Fsp3) is 0.227. The fourth-order valence-electron chi connectivity index (χ4n) is 3.49. The van der Waals surface area contributed by atoms with Crippen LogP contribution in [0.15, 0.2) is 48.7 Å². The molecular weight excluding hydrogens is 384 g/mol. The van der Waals surface area contributed by atoms with Gasteiger partial charge in [0, 0.05) is 19.3 Å². The first-order chi connectivity index (χ1) is 14.5. The minimum atomic E-state index is -1.11. The summed E-state index contributed by atoms with van der Waals surface area (Å²) in [4.78, 5) is 38.6. The average Bonchev–Trinajstić information content (AvgIpc) is 2.79. The lowest BCUT2D eigenvalue weighted by molar-refractivity contribution is 0.0686. The third-order valence-corrected chi connectivity index (χ3v) is 5.02. The topological polar surface area (TPSA) is 117 Å². The highest BCUT2D eigenvalue weighted by Gasteiger charge is 2.16. The molecule has 4 heterocycles. The van der Waals surface area contributed by atoms with E-state index in [9.17, 15) is 19.8 Å². The number of hydrogen-bond acceptors (Lipinski definition) is 6. The monoisotopic (exact) mass is 404 g/mol. The van der Waals surface area contributed by atoms with Gasteiger partial charge < -0.3 is 15.1 Å². The minimum Gasteiger partial charge on any atom is -0.478 e. The highest BCUT2D eigenvalue weighted by Crippen LogP contribution is 2.26. The normalized spacial score (nSPS) is 13.8. The number of hydrogen-bond donors (Lipinski definition) is 2. The van der Waals surface area contributed by atoms with Gasteiger partial charge in [-0.1, -0.05) is 6.07 Å². The third-order valence-electron chi connectivity index (χ3n) is 5.02. The summed E-state index contributed by atoms with van der Waals surface area (Å²) in [5.41, 5.74) is 1.59. The average molecular weight is 404 g/mol. The Morgan fingerprint density at radius 2 is 1.43 bits per heavy atom. The van der Waals surface area contributed by atoms with Crippen molar-refractivity contribution in [1.82, 2.24) is 15.0 Å². The van der Waals surface area contributed by atoms with Crippen LogP contribution in [0.5, 0.6) is 0 Å². The van der Waals surface area contributed by atoms with Crippen molar-refractivity contribution in [3.63, 3.8) is 0 Å². The van der Waals surface area contributed by atoms with E-state index in [4.69, 9.17) is 4.98 Å². The van der Waals surface area contributed by atoms with Crippen molar-refractivity contribution >= 4 is 17.8 Å². The molecule has 0 amide bonds. The van der Waals surface area contributed by atoms with Crippen LogP contribution in [0.1, 0.15) is 40.0 Å². The van der Waals surface area contributed by atoms with Crippen LogP contribution in [0.3, 0.4) is 0 Å². The van der Waals surface area contributed by atoms with E-state index in [1.807, 2.05) is 12.1 Å². The first kappa shape index (κ1) is 19.5. The molecule has 0 atom stereocenters. The van der Waals surface area contributed by atoms with Crippen molar-refractivity contribution in [3.05, 3.63) is 59.8 Å². The molecule has 0 bridgehead atoms. The number of carboxylic acids is 2. The lowest BCUT2D eigenvalue weighted by Gasteiger charge is -2.27. The number of anilines is 1. The molecule has 1 saturated heterocycles. The highest BCUT2D eigenvalue weighted by atomic mass is 16.4. The number of aromatic carboxylic acids is 2. The summed E-state index contributed by atoms with van der Waals surface area (Å²) in [7, 11) is 0. The van der Waals surface area contributed by atoms with Crippen LogP contribution >= 0.6 is 0 Å². The summed E-state index contributed by atoms with van der Waals surface area (Å²) < 4.78 is 0. The molecule has 3 aromatic heterocycles. The molecule has 0 radical (unpaired) electrons. The van der Waals surface area contributed by atoms with E-state index in [0.29, 0.717) is 11.4 Å². The molecule has 0 saturated carbocycles. The molecule has 0 unspecified atom stereocenters. The molecule has 30 heavy (non-hydrogen) atoms. The van der Waals surface area contributed by atoms with E-state index in [-0.39, 0.29) is 22.5 Å². The second-order valence-corrected chi connectivity index (χ2v) is 7.10. The lowest BCUT2D eigenvalue weighted by atomic mass is 10.1. The molecule has 0 aliphatic carbocycles. The van der Waals surface area contributed by atoms with Crippen molar-refractivity contribution in [2.45, 2.75) is 19.3 Å². The molecule has 3 aromatic rings. The number of carbonyl (C=O) groups is 2. The van der Waals surface area contributed by atoms with Gasteiger partial charge >= 0.3 is 11.9 Å². The van der Waals surface area contributed by atoms with Gasteiger partial charge in [-0.25, -0.2) is 19.6 Å². The van der Waals surface area contributed by atoms with Crippen LogP contribution in [0.25, 0.3) is 22.8 Å². The van der Waals surface area contributed by atoms with E-state index in [0.717, 1.165) is 31.7 Å². The summed E-state index contributed by atoms with van der Waals surface area (Å²) >= 11 is 0. The van der Waals surface area contributed by atoms with Gasteiger partial charge in [-0.3, -0.25) is 4.98 Å². The summed E-state index contributed by atoms with van der Waals surface area (Å²) in [5, 5.41) is 18.8. The first-order valence-electron chi connectivity index (χ1n) is 9.69. The number of nitrogens with zero attached hydrogens (tertiary/aromatic N) is 4. The summed E-state index contributed by atoms with van der Waals surface area (Å²) in [6.07, 6.45) is 4.82. The zero-order valence-electron chi connectivity index (χ0n) is 16.2. The molecular formula is C22H20N4O4. The molecule has 4 rings (SSSR count). The molecule has 8 heteroatoms. The van der Waals surface area contributed by atoms with E-state index in [1.54, 1.807) is 6.07 Å². The molecule has 1 fully saturated rings. The van der Waals surface area contributed by atoms with Crippen LogP contribution in [0.2, 0.25) is 0 Å². The smallest absolute Gasteiger partial charge is 0.335 e. The molecule has 0 spiro atoms. The van der Waals surface area contributed by atoms with Crippen molar-refractivity contribution in [2.24, 2.45) is 0 Å². The van der Waals surface area contributed by atoms with Crippen LogP contribution in [-0.2, 0) is 0 Å². The quantitative estimate of drug-likeness (QED) is 0.663. The minimum absolute atomic E-state index is 0.0303. The Labute approximate surface area is 172 Å². The van der Waals surface area contributed by atoms with Gasteiger partial charge in [0.25, 0.3) is 0 Å². The van der Waals surface area contributed by atoms with Crippen LogP contribution in [0, 0.1) is 0 Å². The lowest BCUT2D eigenvalue weighted by Crippen LogP contribution is -2.30. The zero-order chi connectivity index (χ0) is 21.1. The maximum absolute atomic E-state index is 11.7. The number of pyridine rings is 3. The molecule has 0 aromatic carbocycles.